The van der Waals surface area contributed by atoms with Gasteiger partial charge in [-0.1, -0.05) is 23.5 Å². The molecule has 0 radical (unpaired) electrons. The smallest absolute Gasteiger partial charge is 0.253 e. The fraction of sp³-hybridized carbons (Fsp3) is 0.263. The number of hydrogen-bond donors (Lipinski definition) is 1. The molecule has 0 saturated carbocycles. The summed E-state index contributed by atoms with van der Waals surface area (Å²) in [5, 5.41) is 2.77. The van der Waals surface area contributed by atoms with Crippen LogP contribution >= 0.6 is 22.7 Å². The van der Waals surface area contributed by atoms with Gasteiger partial charge < -0.3 is 4.90 Å². The molecule has 2 heterocycles. The maximum absolute atomic E-state index is 12.8. The molecule has 0 saturated heterocycles. The molecule has 3 aromatic rings. The Morgan fingerprint density at radius 1 is 1.32 bits per heavy atom. The van der Waals surface area contributed by atoms with Gasteiger partial charge in [0.1, 0.15) is 0 Å². The number of benzene rings is 1. The number of quaternary nitrogens is 1. The standard InChI is InChI=1S/C19H21N3OS2/c1-14-6-8-16-17(13-14)25-19(20-16)22(11-10-21(2)3)18(23)9-7-15-5-4-12-24-15/h4-9,12-13H,10-11H2,1-3H3/p+1/b9-7+. The zero-order chi connectivity index (χ0) is 17.8. The molecule has 6 heteroatoms. The summed E-state index contributed by atoms with van der Waals surface area (Å²) in [5.41, 5.74) is 2.15. The molecule has 0 aliphatic heterocycles. The van der Waals surface area contributed by atoms with Crippen molar-refractivity contribution in [1.29, 1.82) is 0 Å². The second-order valence-electron chi connectivity index (χ2n) is 6.26. The van der Waals surface area contributed by atoms with E-state index in [4.69, 9.17) is 0 Å². The summed E-state index contributed by atoms with van der Waals surface area (Å²) in [6, 6.07) is 10.2. The van der Waals surface area contributed by atoms with Gasteiger partial charge in [-0.05, 0) is 42.1 Å². The van der Waals surface area contributed by atoms with Crippen LogP contribution in [0.4, 0.5) is 5.13 Å². The second kappa shape index (κ2) is 7.91. The molecule has 0 spiro atoms. The maximum atomic E-state index is 12.8. The van der Waals surface area contributed by atoms with Crippen LogP contribution in [0.3, 0.4) is 0 Å². The summed E-state index contributed by atoms with van der Waals surface area (Å²) in [5.74, 6) is -0.0228. The summed E-state index contributed by atoms with van der Waals surface area (Å²) >= 11 is 3.20. The summed E-state index contributed by atoms with van der Waals surface area (Å²) in [6.07, 6.45) is 3.52. The van der Waals surface area contributed by atoms with Crippen LogP contribution < -0.4 is 9.80 Å². The van der Waals surface area contributed by atoms with Gasteiger partial charge >= 0.3 is 0 Å². The molecule has 0 aliphatic carbocycles. The van der Waals surface area contributed by atoms with Crippen molar-refractivity contribution < 1.29 is 9.69 Å². The molecule has 1 aromatic carbocycles. The zero-order valence-electron chi connectivity index (χ0n) is 14.7. The summed E-state index contributed by atoms with van der Waals surface area (Å²) in [4.78, 5) is 21.6. The zero-order valence-corrected chi connectivity index (χ0v) is 16.3. The Morgan fingerprint density at radius 2 is 2.16 bits per heavy atom. The van der Waals surface area contributed by atoms with Crippen molar-refractivity contribution in [1.82, 2.24) is 4.98 Å². The predicted octanol–water partition coefficient (Wildman–Crippen LogP) is 2.86. The molecular formula is C19H22N3OS2+. The Morgan fingerprint density at radius 3 is 2.88 bits per heavy atom. The third kappa shape index (κ3) is 4.54. The van der Waals surface area contributed by atoms with Crippen LogP contribution in [-0.4, -0.2) is 38.1 Å². The van der Waals surface area contributed by atoms with Gasteiger partial charge in [0.25, 0.3) is 5.91 Å². The van der Waals surface area contributed by atoms with Crippen LogP contribution in [0.25, 0.3) is 16.3 Å². The van der Waals surface area contributed by atoms with Crippen LogP contribution in [-0.2, 0) is 4.79 Å². The highest BCUT2D eigenvalue weighted by atomic mass is 32.1. The van der Waals surface area contributed by atoms with Crippen LogP contribution in [0, 0.1) is 6.92 Å². The van der Waals surface area contributed by atoms with Gasteiger partial charge in [0.2, 0.25) is 0 Å². The molecule has 130 valence electrons. The third-order valence-electron chi connectivity index (χ3n) is 3.80. The van der Waals surface area contributed by atoms with E-state index in [1.54, 1.807) is 33.6 Å². The van der Waals surface area contributed by atoms with Gasteiger partial charge in [0.05, 0.1) is 37.4 Å². The number of amides is 1. The van der Waals surface area contributed by atoms with Crippen molar-refractivity contribution in [3.8, 4) is 0 Å². The first-order valence-corrected chi connectivity index (χ1v) is 9.92. The van der Waals surface area contributed by atoms with E-state index < -0.39 is 0 Å². The number of thiazole rings is 1. The lowest BCUT2D eigenvalue weighted by molar-refractivity contribution is -0.856. The lowest BCUT2D eigenvalue weighted by atomic mass is 10.2. The Balaban J connectivity index is 1.88. The number of nitrogens with zero attached hydrogens (tertiary/aromatic N) is 2. The molecule has 1 N–H and O–H groups in total. The van der Waals surface area contributed by atoms with E-state index in [-0.39, 0.29) is 5.91 Å². The van der Waals surface area contributed by atoms with E-state index in [1.807, 2.05) is 29.7 Å². The molecule has 3 rings (SSSR count). The Kier molecular flexibility index (Phi) is 5.63. The van der Waals surface area contributed by atoms with Crippen LogP contribution in [0.15, 0.2) is 41.8 Å². The number of nitrogens with one attached hydrogen (secondary N) is 1. The first kappa shape index (κ1) is 17.8. The molecule has 0 bridgehead atoms. The number of aromatic nitrogens is 1. The first-order chi connectivity index (χ1) is 12.0. The fourth-order valence-corrected chi connectivity index (χ4v) is 4.11. The highest BCUT2D eigenvalue weighted by molar-refractivity contribution is 7.22. The van der Waals surface area contributed by atoms with Crippen LogP contribution in [0.5, 0.6) is 0 Å². The highest BCUT2D eigenvalue weighted by Gasteiger charge is 2.19. The highest BCUT2D eigenvalue weighted by Crippen LogP contribution is 2.29. The van der Waals surface area contributed by atoms with Crippen LogP contribution in [0.2, 0.25) is 0 Å². The molecule has 1 amide bonds. The van der Waals surface area contributed by atoms with Crippen molar-refractivity contribution in [2.45, 2.75) is 6.92 Å². The van der Waals surface area contributed by atoms with Gasteiger partial charge in [-0.15, -0.1) is 11.3 Å². The Labute approximate surface area is 156 Å². The SMILES string of the molecule is Cc1ccc2nc(N(CC[NH+](C)C)C(=O)/C=C/c3cccs3)sc2c1. The Bertz CT molecular complexity index is 881. The van der Waals surface area contributed by atoms with Crippen LogP contribution in [0.1, 0.15) is 10.4 Å². The molecule has 0 unspecified atom stereocenters. The summed E-state index contributed by atoms with van der Waals surface area (Å²) in [7, 11) is 4.18. The molecule has 25 heavy (non-hydrogen) atoms. The first-order valence-electron chi connectivity index (χ1n) is 8.22. The van der Waals surface area contributed by atoms with Crippen molar-refractivity contribution in [2.75, 3.05) is 32.1 Å². The number of carbonyl (C=O) groups excluding carboxylic acids is 1. The maximum Gasteiger partial charge on any atom is 0.253 e. The molecule has 4 nitrogen and oxygen atoms in total. The number of fused-ring (bicyclic) bond motifs is 1. The van der Waals surface area contributed by atoms with Crippen molar-refractivity contribution in [3.63, 3.8) is 0 Å². The average molecular weight is 373 g/mol. The molecule has 0 fully saturated rings. The average Bonchev–Trinajstić information content (AvgIpc) is 3.21. The summed E-state index contributed by atoms with van der Waals surface area (Å²) < 4.78 is 1.12. The number of hydrogen-bond acceptors (Lipinski definition) is 4. The normalized spacial score (nSPS) is 11.7. The molecule has 0 atom stereocenters. The Hall–Kier alpha value is -2.02. The number of likely N-dealkylation sites (N-methyl/N-ethyl adjacent to an activating group) is 1. The largest absolute Gasteiger partial charge is 0.338 e. The fourth-order valence-electron chi connectivity index (χ4n) is 2.40. The van der Waals surface area contributed by atoms with Gasteiger partial charge in [0, 0.05) is 11.0 Å². The number of thiophene rings is 1. The minimum Gasteiger partial charge on any atom is -0.338 e. The van der Waals surface area contributed by atoms with E-state index >= 15 is 0 Å². The second-order valence-corrected chi connectivity index (χ2v) is 8.25. The van der Waals surface area contributed by atoms with Crippen molar-refractivity contribution >= 4 is 50.0 Å². The lowest BCUT2D eigenvalue weighted by Crippen LogP contribution is -3.06. The number of aryl methyl sites for hydroxylation is 1. The summed E-state index contributed by atoms with van der Waals surface area (Å²) in [6.45, 7) is 3.59. The molecule has 2 aromatic heterocycles. The molecule has 0 aliphatic rings. The van der Waals surface area contributed by atoms with E-state index in [1.165, 1.54) is 10.5 Å². The number of anilines is 1. The van der Waals surface area contributed by atoms with E-state index in [0.29, 0.717) is 6.54 Å². The molecular weight excluding hydrogens is 350 g/mol. The van der Waals surface area contributed by atoms with Gasteiger partial charge in [-0.3, -0.25) is 9.69 Å². The lowest BCUT2D eigenvalue weighted by Gasteiger charge is -2.19. The van der Waals surface area contributed by atoms with Crippen molar-refractivity contribution in [2.24, 2.45) is 0 Å². The third-order valence-corrected chi connectivity index (χ3v) is 5.68. The van der Waals surface area contributed by atoms with E-state index in [9.17, 15) is 4.79 Å². The number of rotatable bonds is 6. The van der Waals surface area contributed by atoms with Gasteiger partial charge in [-0.2, -0.15) is 0 Å². The quantitative estimate of drug-likeness (QED) is 0.676. The van der Waals surface area contributed by atoms with Crippen molar-refractivity contribution in [3.05, 3.63) is 52.2 Å². The van der Waals surface area contributed by atoms with Gasteiger partial charge in [-0.25, -0.2) is 4.98 Å². The monoisotopic (exact) mass is 372 g/mol. The van der Waals surface area contributed by atoms with E-state index in [0.717, 1.165) is 26.8 Å². The number of carbonyl (C=O) groups is 1. The van der Waals surface area contributed by atoms with Gasteiger partial charge in [0.15, 0.2) is 5.13 Å². The minimum atomic E-state index is -0.0228. The van der Waals surface area contributed by atoms with E-state index in [2.05, 4.69) is 38.1 Å². The topological polar surface area (TPSA) is 37.6 Å². The minimum absolute atomic E-state index is 0.0228. The predicted molar refractivity (Wildman–Crippen MR) is 108 cm³/mol.